The van der Waals surface area contributed by atoms with Gasteiger partial charge in [0.15, 0.2) is 0 Å². The molecule has 0 saturated heterocycles. The number of halogens is 1. The first-order valence-electron chi connectivity index (χ1n) is 5.00. The molecule has 1 N–H and O–H groups in total. The Labute approximate surface area is 108 Å². The van der Waals surface area contributed by atoms with Crippen LogP contribution in [-0.4, -0.2) is 28.1 Å². The van der Waals surface area contributed by atoms with E-state index < -0.39 is 5.97 Å². The molecule has 1 aromatic heterocycles. The quantitative estimate of drug-likeness (QED) is 0.928. The van der Waals surface area contributed by atoms with Crippen LogP contribution in [0, 0.1) is 0 Å². The molecule has 0 saturated carbocycles. The van der Waals surface area contributed by atoms with E-state index in [1.54, 1.807) is 11.3 Å². The van der Waals surface area contributed by atoms with Crippen LogP contribution in [-0.2, 0) is 11.3 Å². The van der Waals surface area contributed by atoms with E-state index in [0.29, 0.717) is 6.54 Å². The van der Waals surface area contributed by atoms with Crippen molar-refractivity contribution < 1.29 is 9.90 Å². The minimum Gasteiger partial charge on any atom is -0.480 e. The maximum absolute atomic E-state index is 10.8. The van der Waals surface area contributed by atoms with E-state index in [9.17, 15) is 4.79 Å². The molecule has 16 heavy (non-hydrogen) atoms. The lowest BCUT2D eigenvalue weighted by molar-refractivity contribution is -0.139. The first-order chi connectivity index (χ1) is 7.29. The second kappa shape index (κ2) is 5.29. The Kier molecular flexibility index (Phi) is 4.52. The van der Waals surface area contributed by atoms with Gasteiger partial charge in [-0.05, 0) is 48.8 Å². The van der Waals surface area contributed by atoms with Crippen molar-refractivity contribution in [1.82, 2.24) is 4.90 Å². The molecule has 0 aromatic carbocycles. The Bertz CT molecular complexity index is 370. The molecule has 3 nitrogen and oxygen atoms in total. The highest BCUT2D eigenvalue weighted by atomic mass is 79.9. The predicted molar refractivity (Wildman–Crippen MR) is 69.8 cm³/mol. The number of rotatable bonds is 4. The normalized spacial score (nSPS) is 12.1. The van der Waals surface area contributed by atoms with Crippen molar-refractivity contribution >= 4 is 33.2 Å². The standard InChI is InChI=1S/C11H16BrNO2S/c1-11(2,3)13(7-10(14)15)6-8-4-5-9(12)16-8/h4-5H,6-7H2,1-3H3,(H,14,15). The van der Waals surface area contributed by atoms with E-state index in [0.717, 1.165) is 3.79 Å². The molecular weight excluding hydrogens is 290 g/mol. The van der Waals surface area contributed by atoms with E-state index in [-0.39, 0.29) is 12.1 Å². The van der Waals surface area contributed by atoms with Crippen molar-refractivity contribution in [1.29, 1.82) is 0 Å². The van der Waals surface area contributed by atoms with Crippen molar-refractivity contribution in [2.45, 2.75) is 32.9 Å². The minimum absolute atomic E-state index is 0.0685. The third kappa shape index (κ3) is 4.23. The summed E-state index contributed by atoms with van der Waals surface area (Å²) in [5.74, 6) is -0.787. The molecule has 0 radical (unpaired) electrons. The molecule has 0 aliphatic heterocycles. The summed E-state index contributed by atoms with van der Waals surface area (Å²) in [7, 11) is 0. The van der Waals surface area contributed by atoms with E-state index >= 15 is 0 Å². The van der Waals surface area contributed by atoms with Crippen molar-refractivity contribution in [2.24, 2.45) is 0 Å². The molecule has 0 aliphatic carbocycles. The summed E-state index contributed by atoms with van der Waals surface area (Å²) < 4.78 is 1.08. The van der Waals surface area contributed by atoms with Gasteiger partial charge in [-0.25, -0.2) is 0 Å². The van der Waals surface area contributed by atoms with Gasteiger partial charge in [0.2, 0.25) is 0 Å². The van der Waals surface area contributed by atoms with Gasteiger partial charge in [0.05, 0.1) is 10.3 Å². The zero-order chi connectivity index (χ0) is 12.3. The monoisotopic (exact) mass is 305 g/mol. The Hall–Kier alpha value is -0.390. The number of carbonyl (C=O) groups is 1. The number of nitrogens with zero attached hydrogens (tertiary/aromatic N) is 1. The lowest BCUT2D eigenvalue weighted by Crippen LogP contribution is -2.43. The minimum atomic E-state index is -0.787. The maximum Gasteiger partial charge on any atom is 0.317 e. The van der Waals surface area contributed by atoms with Gasteiger partial charge in [-0.2, -0.15) is 0 Å². The van der Waals surface area contributed by atoms with Gasteiger partial charge < -0.3 is 5.11 Å². The van der Waals surface area contributed by atoms with Crippen LogP contribution in [0.2, 0.25) is 0 Å². The second-order valence-corrected chi connectivity index (χ2v) is 7.17. The van der Waals surface area contributed by atoms with E-state index in [1.165, 1.54) is 4.88 Å². The number of aliphatic carboxylic acids is 1. The summed E-state index contributed by atoms with van der Waals surface area (Å²) in [5.41, 5.74) is -0.144. The van der Waals surface area contributed by atoms with Crippen LogP contribution < -0.4 is 0 Å². The largest absolute Gasteiger partial charge is 0.480 e. The van der Waals surface area contributed by atoms with Gasteiger partial charge in [-0.3, -0.25) is 9.69 Å². The van der Waals surface area contributed by atoms with Crippen LogP contribution in [0.3, 0.4) is 0 Å². The summed E-state index contributed by atoms with van der Waals surface area (Å²) in [4.78, 5) is 13.9. The van der Waals surface area contributed by atoms with Crippen molar-refractivity contribution in [3.8, 4) is 0 Å². The van der Waals surface area contributed by atoms with Gasteiger partial charge >= 0.3 is 5.97 Å². The van der Waals surface area contributed by atoms with Crippen LogP contribution in [0.25, 0.3) is 0 Å². The Morgan fingerprint density at radius 2 is 2.12 bits per heavy atom. The van der Waals surface area contributed by atoms with Gasteiger partial charge in [-0.1, -0.05) is 0 Å². The summed E-state index contributed by atoms with van der Waals surface area (Å²) >= 11 is 5.05. The first kappa shape index (κ1) is 13.7. The second-order valence-electron chi connectivity index (χ2n) is 4.63. The molecule has 1 rings (SSSR count). The average Bonchev–Trinajstić information content (AvgIpc) is 2.47. The Morgan fingerprint density at radius 3 is 2.50 bits per heavy atom. The predicted octanol–water partition coefficient (Wildman–Crippen LogP) is 3.20. The zero-order valence-electron chi connectivity index (χ0n) is 9.66. The van der Waals surface area contributed by atoms with Crippen molar-refractivity contribution in [3.05, 3.63) is 20.8 Å². The lowest BCUT2D eigenvalue weighted by atomic mass is 10.1. The molecule has 0 spiro atoms. The number of hydrogen-bond donors (Lipinski definition) is 1. The van der Waals surface area contributed by atoms with E-state index in [1.807, 2.05) is 37.8 Å². The van der Waals surface area contributed by atoms with Crippen molar-refractivity contribution in [3.63, 3.8) is 0 Å². The molecule has 1 aromatic rings. The Balaban J connectivity index is 2.74. The number of thiophene rings is 1. The summed E-state index contributed by atoms with van der Waals surface area (Å²) in [6.45, 7) is 6.82. The zero-order valence-corrected chi connectivity index (χ0v) is 12.1. The van der Waals surface area contributed by atoms with Crippen LogP contribution in [0.15, 0.2) is 15.9 Å². The third-order valence-corrected chi connectivity index (χ3v) is 3.86. The van der Waals surface area contributed by atoms with Crippen LogP contribution >= 0.6 is 27.3 Å². The maximum atomic E-state index is 10.8. The molecule has 5 heteroatoms. The van der Waals surface area contributed by atoms with Gasteiger partial charge in [0.25, 0.3) is 0 Å². The number of carboxylic acids is 1. The summed E-state index contributed by atoms with van der Waals surface area (Å²) in [6, 6.07) is 4.01. The molecule has 0 unspecified atom stereocenters. The average molecular weight is 306 g/mol. The van der Waals surface area contributed by atoms with Crippen LogP contribution in [0.1, 0.15) is 25.6 Å². The smallest absolute Gasteiger partial charge is 0.317 e. The van der Waals surface area contributed by atoms with Gasteiger partial charge in [0, 0.05) is 17.0 Å². The molecule has 0 aliphatic rings. The van der Waals surface area contributed by atoms with Crippen LogP contribution in [0.5, 0.6) is 0 Å². The molecule has 0 atom stereocenters. The molecule has 90 valence electrons. The SMILES string of the molecule is CC(C)(C)N(CC(=O)O)Cc1ccc(Br)s1. The molecule has 0 fully saturated rings. The third-order valence-electron chi connectivity index (χ3n) is 2.25. The number of carboxylic acid groups (broad SMARTS) is 1. The number of hydrogen-bond acceptors (Lipinski definition) is 3. The fourth-order valence-electron chi connectivity index (χ4n) is 1.32. The fraction of sp³-hybridized carbons (Fsp3) is 0.545. The van der Waals surface area contributed by atoms with Crippen LogP contribution in [0.4, 0.5) is 0 Å². The van der Waals surface area contributed by atoms with E-state index in [2.05, 4.69) is 15.9 Å². The van der Waals surface area contributed by atoms with E-state index in [4.69, 9.17) is 5.11 Å². The van der Waals surface area contributed by atoms with Crippen molar-refractivity contribution in [2.75, 3.05) is 6.54 Å². The van der Waals surface area contributed by atoms with Gasteiger partial charge in [0.1, 0.15) is 0 Å². The summed E-state index contributed by atoms with van der Waals surface area (Å²) in [6.07, 6.45) is 0. The molecule has 0 bridgehead atoms. The highest BCUT2D eigenvalue weighted by Gasteiger charge is 2.23. The lowest BCUT2D eigenvalue weighted by Gasteiger charge is -2.33. The highest BCUT2D eigenvalue weighted by molar-refractivity contribution is 9.11. The first-order valence-corrected chi connectivity index (χ1v) is 6.61. The molecule has 1 heterocycles. The fourth-order valence-corrected chi connectivity index (χ4v) is 2.82. The Morgan fingerprint density at radius 1 is 1.50 bits per heavy atom. The van der Waals surface area contributed by atoms with Gasteiger partial charge in [-0.15, -0.1) is 11.3 Å². The highest BCUT2D eigenvalue weighted by Crippen LogP contribution is 2.25. The molecule has 0 amide bonds. The summed E-state index contributed by atoms with van der Waals surface area (Å²) in [5, 5.41) is 8.88. The topological polar surface area (TPSA) is 40.5 Å². The molecular formula is C11H16BrNO2S.